The molecule has 1 aromatic rings. The average Bonchev–Trinajstić information content (AvgIpc) is 2.29. The standard InChI is InChI=1S/C12H17NO2/c1-4-10(2)15-12(14)13(3)11-8-6-5-7-9-11/h5-10H,4H2,1-3H3. The van der Waals surface area contributed by atoms with Gasteiger partial charge in [-0.25, -0.2) is 4.79 Å². The Kier molecular flexibility index (Phi) is 4.16. The molecular formula is C12H17NO2. The summed E-state index contributed by atoms with van der Waals surface area (Å²) in [7, 11) is 1.71. The van der Waals surface area contributed by atoms with E-state index in [9.17, 15) is 4.79 Å². The summed E-state index contributed by atoms with van der Waals surface area (Å²) in [6.45, 7) is 3.87. The highest BCUT2D eigenvalue weighted by Gasteiger charge is 2.13. The van der Waals surface area contributed by atoms with Crippen LogP contribution in [0.3, 0.4) is 0 Å². The van der Waals surface area contributed by atoms with Crippen LogP contribution in [-0.2, 0) is 4.74 Å². The minimum Gasteiger partial charge on any atom is -0.446 e. The van der Waals surface area contributed by atoms with Crippen LogP contribution in [-0.4, -0.2) is 19.2 Å². The number of amides is 1. The smallest absolute Gasteiger partial charge is 0.414 e. The van der Waals surface area contributed by atoms with E-state index in [1.165, 1.54) is 4.90 Å². The summed E-state index contributed by atoms with van der Waals surface area (Å²) in [5, 5.41) is 0. The largest absolute Gasteiger partial charge is 0.446 e. The van der Waals surface area contributed by atoms with Gasteiger partial charge in [-0.05, 0) is 25.5 Å². The lowest BCUT2D eigenvalue weighted by Crippen LogP contribution is -2.29. The lowest BCUT2D eigenvalue weighted by molar-refractivity contribution is 0.113. The van der Waals surface area contributed by atoms with Crippen molar-refractivity contribution < 1.29 is 9.53 Å². The van der Waals surface area contributed by atoms with E-state index >= 15 is 0 Å². The number of hydrogen-bond donors (Lipinski definition) is 0. The van der Waals surface area contributed by atoms with Crippen LogP contribution in [0.4, 0.5) is 10.5 Å². The fraction of sp³-hybridized carbons (Fsp3) is 0.417. The van der Waals surface area contributed by atoms with Crippen molar-refractivity contribution in [1.29, 1.82) is 0 Å². The van der Waals surface area contributed by atoms with Gasteiger partial charge in [-0.3, -0.25) is 4.90 Å². The van der Waals surface area contributed by atoms with E-state index < -0.39 is 0 Å². The number of para-hydroxylation sites is 1. The third-order valence-corrected chi connectivity index (χ3v) is 2.29. The first kappa shape index (κ1) is 11.6. The molecule has 1 aromatic carbocycles. The number of anilines is 1. The Balaban J connectivity index is 2.61. The number of nitrogens with zero attached hydrogens (tertiary/aromatic N) is 1. The lowest BCUT2D eigenvalue weighted by atomic mass is 10.3. The van der Waals surface area contributed by atoms with Crippen molar-refractivity contribution in [2.24, 2.45) is 0 Å². The minimum atomic E-state index is -0.310. The molecule has 0 saturated carbocycles. The van der Waals surface area contributed by atoms with Crippen molar-refractivity contribution >= 4 is 11.8 Å². The van der Waals surface area contributed by atoms with E-state index in [2.05, 4.69) is 0 Å². The van der Waals surface area contributed by atoms with Gasteiger partial charge < -0.3 is 4.74 Å². The summed E-state index contributed by atoms with van der Waals surface area (Å²) in [5.74, 6) is 0. The SMILES string of the molecule is CCC(C)OC(=O)N(C)c1ccccc1. The normalized spacial score (nSPS) is 11.9. The first-order chi connectivity index (χ1) is 7.15. The highest BCUT2D eigenvalue weighted by molar-refractivity contribution is 5.86. The molecule has 1 amide bonds. The summed E-state index contributed by atoms with van der Waals surface area (Å²) in [6, 6.07) is 9.44. The molecule has 1 atom stereocenters. The van der Waals surface area contributed by atoms with Crippen molar-refractivity contribution in [3.8, 4) is 0 Å². The molecular weight excluding hydrogens is 190 g/mol. The molecule has 0 aliphatic carbocycles. The molecule has 0 aromatic heterocycles. The van der Waals surface area contributed by atoms with Gasteiger partial charge in [-0.1, -0.05) is 25.1 Å². The van der Waals surface area contributed by atoms with E-state index in [4.69, 9.17) is 4.74 Å². The second-order valence-electron chi connectivity index (χ2n) is 3.50. The summed E-state index contributed by atoms with van der Waals surface area (Å²) < 4.78 is 5.20. The van der Waals surface area contributed by atoms with Crippen molar-refractivity contribution in [1.82, 2.24) is 0 Å². The van der Waals surface area contributed by atoms with Crippen LogP contribution >= 0.6 is 0 Å². The van der Waals surface area contributed by atoms with Crippen molar-refractivity contribution in [2.75, 3.05) is 11.9 Å². The van der Waals surface area contributed by atoms with Crippen LogP contribution in [0.25, 0.3) is 0 Å². The predicted molar refractivity (Wildman–Crippen MR) is 61.1 cm³/mol. The maximum Gasteiger partial charge on any atom is 0.414 e. The van der Waals surface area contributed by atoms with E-state index in [-0.39, 0.29) is 12.2 Å². The Morgan fingerprint density at radius 1 is 1.40 bits per heavy atom. The molecule has 3 nitrogen and oxygen atoms in total. The Morgan fingerprint density at radius 2 is 2.00 bits per heavy atom. The van der Waals surface area contributed by atoms with Crippen LogP contribution in [0, 0.1) is 0 Å². The number of rotatable bonds is 3. The van der Waals surface area contributed by atoms with Crippen LogP contribution in [0.5, 0.6) is 0 Å². The van der Waals surface area contributed by atoms with Crippen LogP contribution < -0.4 is 4.90 Å². The number of benzene rings is 1. The summed E-state index contributed by atoms with van der Waals surface area (Å²) in [5.41, 5.74) is 0.839. The van der Waals surface area contributed by atoms with E-state index in [1.807, 2.05) is 44.2 Å². The van der Waals surface area contributed by atoms with Crippen LogP contribution in [0.2, 0.25) is 0 Å². The molecule has 0 heterocycles. The van der Waals surface area contributed by atoms with Gasteiger partial charge >= 0.3 is 6.09 Å². The maximum absolute atomic E-state index is 11.6. The third kappa shape index (κ3) is 3.27. The zero-order chi connectivity index (χ0) is 11.3. The van der Waals surface area contributed by atoms with Crippen LogP contribution in [0.1, 0.15) is 20.3 Å². The van der Waals surface area contributed by atoms with E-state index in [0.717, 1.165) is 12.1 Å². The molecule has 0 spiro atoms. The number of hydrogen-bond acceptors (Lipinski definition) is 2. The van der Waals surface area contributed by atoms with Crippen molar-refractivity contribution in [2.45, 2.75) is 26.4 Å². The van der Waals surface area contributed by atoms with Gasteiger partial charge in [0.15, 0.2) is 0 Å². The number of carbonyl (C=O) groups is 1. The third-order valence-electron chi connectivity index (χ3n) is 2.29. The monoisotopic (exact) mass is 207 g/mol. The summed E-state index contributed by atoms with van der Waals surface area (Å²) in [4.78, 5) is 13.1. The fourth-order valence-corrected chi connectivity index (χ4v) is 1.09. The molecule has 1 unspecified atom stereocenters. The van der Waals surface area contributed by atoms with Gasteiger partial charge in [0, 0.05) is 12.7 Å². The average molecular weight is 207 g/mol. The number of carbonyl (C=O) groups excluding carboxylic acids is 1. The summed E-state index contributed by atoms with van der Waals surface area (Å²) in [6.07, 6.45) is 0.480. The molecule has 1 rings (SSSR count). The molecule has 3 heteroatoms. The molecule has 82 valence electrons. The van der Waals surface area contributed by atoms with E-state index in [1.54, 1.807) is 7.05 Å². The molecule has 0 aliphatic rings. The lowest BCUT2D eigenvalue weighted by Gasteiger charge is -2.19. The van der Waals surface area contributed by atoms with E-state index in [0.29, 0.717) is 0 Å². The Morgan fingerprint density at radius 3 is 2.53 bits per heavy atom. The predicted octanol–water partition coefficient (Wildman–Crippen LogP) is 3.06. The molecule has 0 radical (unpaired) electrons. The van der Waals surface area contributed by atoms with Crippen molar-refractivity contribution in [3.05, 3.63) is 30.3 Å². The second-order valence-corrected chi connectivity index (χ2v) is 3.50. The summed E-state index contributed by atoms with van der Waals surface area (Å²) >= 11 is 0. The minimum absolute atomic E-state index is 0.0383. The molecule has 0 fully saturated rings. The molecule has 0 N–H and O–H groups in total. The fourth-order valence-electron chi connectivity index (χ4n) is 1.09. The zero-order valence-electron chi connectivity index (χ0n) is 9.43. The van der Waals surface area contributed by atoms with Gasteiger partial charge in [-0.15, -0.1) is 0 Å². The van der Waals surface area contributed by atoms with Gasteiger partial charge in [-0.2, -0.15) is 0 Å². The van der Waals surface area contributed by atoms with Crippen molar-refractivity contribution in [3.63, 3.8) is 0 Å². The van der Waals surface area contributed by atoms with Crippen LogP contribution in [0.15, 0.2) is 30.3 Å². The molecule has 0 bridgehead atoms. The maximum atomic E-state index is 11.6. The second kappa shape index (κ2) is 5.39. The zero-order valence-corrected chi connectivity index (χ0v) is 9.43. The number of ether oxygens (including phenoxy) is 1. The molecule has 0 saturated heterocycles. The first-order valence-corrected chi connectivity index (χ1v) is 5.14. The Bertz CT molecular complexity index is 311. The molecule has 15 heavy (non-hydrogen) atoms. The van der Waals surface area contributed by atoms with Gasteiger partial charge in [0.1, 0.15) is 6.10 Å². The van der Waals surface area contributed by atoms with Gasteiger partial charge in [0.2, 0.25) is 0 Å². The molecule has 0 aliphatic heterocycles. The highest BCUT2D eigenvalue weighted by atomic mass is 16.6. The quantitative estimate of drug-likeness (QED) is 0.762. The Hall–Kier alpha value is -1.51. The topological polar surface area (TPSA) is 29.5 Å². The first-order valence-electron chi connectivity index (χ1n) is 5.14. The Labute approximate surface area is 90.7 Å². The van der Waals surface area contributed by atoms with Gasteiger partial charge in [0.05, 0.1) is 0 Å². The van der Waals surface area contributed by atoms with Gasteiger partial charge in [0.25, 0.3) is 0 Å². The highest BCUT2D eigenvalue weighted by Crippen LogP contribution is 2.13.